The number of para-hydroxylation sites is 2. The van der Waals surface area contributed by atoms with Gasteiger partial charge in [0, 0.05) is 52.8 Å². The molecule has 4 heterocycles. The first-order valence-electron chi connectivity index (χ1n) is 18.9. The van der Waals surface area contributed by atoms with E-state index in [2.05, 4.69) is 103 Å². The third kappa shape index (κ3) is 5.12. The number of nitrogens with zero attached hydrogens (tertiary/aromatic N) is 3. The van der Waals surface area contributed by atoms with Gasteiger partial charge >= 0.3 is 0 Å². The molecule has 0 saturated heterocycles. The average molecular weight is 748 g/mol. The zero-order valence-electron chi connectivity index (χ0n) is 30.3. The van der Waals surface area contributed by atoms with Crippen molar-refractivity contribution in [3.8, 4) is 56.4 Å². The fourth-order valence-electron chi connectivity index (χ4n) is 8.32. The second kappa shape index (κ2) is 12.6. The van der Waals surface area contributed by atoms with Crippen LogP contribution in [0, 0.1) is 0 Å². The van der Waals surface area contributed by atoms with E-state index in [4.69, 9.17) is 23.8 Å². The van der Waals surface area contributed by atoms with Crippen molar-refractivity contribution in [3.63, 3.8) is 0 Å². The van der Waals surface area contributed by atoms with Crippen molar-refractivity contribution in [3.05, 3.63) is 176 Å². The Labute approximate surface area is 330 Å². The van der Waals surface area contributed by atoms with Crippen molar-refractivity contribution >= 4 is 75.4 Å². The fourth-order valence-corrected chi connectivity index (χ4v) is 9.49. The van der Waals surface area contributed by atoms with Crippen LogP contribution in [0.4, 0.5) is 0 Å². The van der Waals surface area contributed by atoms with Crippen molar-refractivity contribution in [1.82, 2.24) is 15.0 Å². The van der Waals surface area contributed by atoms with Gasteiger partial charge < -0.3 is 8.83 Å². The van der Waals surface area contributed by atoms with E-state index in [-0.39, 0.29) is 0 Å². The molecule has 0 fully saturated rings. The Morgan fingerprint density at radius 2 is 0.982 bits per heavy atom. The Morgan fingerprint density at radius 1 is 0.333 bits per heavy atom. The maximum Gasteiger partial charge on any atom is 0.167 e. The molecule has 12 aromatic rings. The predicted octanol–water partition coefficient (Wildman–Crippen LogP) is 14.4. The minimum absolute atomic E-state index is 0.540. The summed E-state index contributed by atoms with van der Waals surface area (Å²) in [6.07, 6.45) is 0. The van der Waals surface area contributed by atoms with Crippen LogP contribution in [-0.2, 0) is 0 Å². The maximum absolute atomic E-state index is 6.58. The number of hydrogen-bond donors (Lipinski definition) is 0. The van der Waals surface area contributed by atoms with Gasteiger partial charge in [-0.1, -0.05) is 127 Å². The first-order chi connectivity index (χ1) is 28.2. The lowest BCUT2D eigenvalue weighted by Gasteiger charge is -2.11. The lowest BCUT2D eigenvalue weighted by atomic mass is 9.93. The summed E-state index contributed by atoms with van der Waals surface area (Å²) in [5, 5.41) is 6.55. The monoisotopic (exact) mass is 747 g/mol. The van der Waals surface area contributed by atoms with E-state index in [9.17, 15) is 0 Å². The molecule has 266 valence electrons. The molecule has 0 aliphatic rings. The highest BCUT2D eigenvalue weighted by atomic mass is 32.1. The van der Waals surface area contributed by atoms with Crippen molar-refractivity contribution in [2.45, 2.75) is 0 Å². The SMILES string of the molecule is c1ccc(-c2cc(-c3ccc4oc5cccc(-c6nc(-c7ccccc7)nc(-c7cccc8c7oc7ccccc78)n6)c5c4c3)c3c(c2)sc2ccccc23)cc1. The van der Waals surface area contributed by atoms with Gasteiger partial charge in [-0.05, 0) is 70.8 Å². The van der Waals surface area contributed by atoms with Crippen LogP contribution in [0.1, 0.15) is 0 Å². The zero-order chi connectivity index (χ0) is 37.5. The van der Waals surface area contributed by atoms with Crippen LogP contribution in [0.5, 0.6) is 0 Å². The van der Waals surface area contributed by atoms with Gasteiger partial charge in [0.05, 0.1) is 5.56 Å². The van der Waals surface area contributed by atoms with E-state index < -0.39 is 0 Å². The van der Waals surface area contributed by atoms with Gasteiger partial charge in [-0.3, -0.25) is 0 Å². The van der Waals surface area contributed by atoms with Gasteiger partial charge in [0.25, 0.3) is 0 Å². The molecular formula is C51H29N3O2S. The molecule has 8 aromatic carbocycles. The molecular weight excluding hydrogens is 719 g/mol. The van der Waals surface area contributed by atoms with Gasteiger partial charge in [0.15, 0.2) is 17.5 Å². The van der Waals surface area contributed by atoms with E-state index in [1.54, 1.807) is 0 Å². The third-order valence-corrected chi connectivity index (χ3v) is 12.1. The highest BCUT2D eigenvalue weighted by Gasteiger charge is 2.21. The lowest BCUT2D eigenvalue weighted by molar-refractivity contribution is 0.668. The minimum Gasteiger partial charge on any atom is -0.456 e. The summed E-state index contributed by atoms with van der Waals surface area (Å²) < 4.78 is 15.6. The summed E-state index contributed by atoms with van der Waals surface area (Å²) in [4.78, 5) is 15.5. The van der Waals surface area contributed by atoms with E-state index in [0.29, 0.717) is 17.5 Å². The van der Waals surface area contributed by atoms with Gasteiger partial charge in [-0.25, -0.2) is 15.0 Å². The van der Waals surface area contributed by atoms with Crippen LogP contribution < -0.4 is 0 Å². The van der Waals surface area contributed by atoms with Crippen LogP contribution in [0.25, 0.3) is 120 Å². The molecule has 0 spiro atoms. The summed E-state index contributed by atoms with van der Waals surface area (Å²) in [7, 11) is 0. The largest absolute Gasteiger partial charge is 0.456 e. The molecule has 6 heteroatoms. The highest BCUT2D eigenvalue weighted by molar-refractivity contribution is 7.26. The third-order valence-electron chi connectivity index (χ3n) is 10.9. The molecule has 5 nitrogen and oxygen atoms in total. The highest BCUT2D eigenvalue weighted by Crippen LogP contribution is 2.45. The number of fused-ring (bicyclic) bond motifs is 9. The summed E-state index contributed by atoms with van der Waals surface area (Å²) in [5.74, 6) is 1.68. The molecule has 57 heavy (non-hydrogen) atoms. The zero-order valence-corrected chi connectivity index (χ0v) is 31.1. The maximum atomic E-state index is 6.58. The minimum atomic E-state index is 0.540. The number of aromatic nitrogens is 3. The van der Waals surface area contributed by atoms with E-state index >= 15 is 0 Å². The van der Waals surface area contributed by atoms with Crippen LogP contribution in [0.3, 0.4) is 0 Å². The summed E-state index contributed by atoms with van der Waals surface area (Å²) in [6.45, 7) is 0. The van der Waals surface area contributed by atoms with Gasteiger partial charge in [-0.2, -0.15) is 0 Å². The Bertz CT molecular complexity index is 3530. The molecule has 0 atom stereocenters. The van der Waals surface area contributed by atoms with Gasteiger partial charge in [0.2, 0.25) is 0 Å². The lowest BCUT2D eigenvalue weighted by Crippen LogP contribution is -2.00. The Morgan fingerprint density at radius 3 is 1.84 bits per heavy atom. The first-order valence-corrected chi connectivity index (χ1v) is 19.7. The Kier molecular flexibility index (Phi) is 7.03. The van der Waals surface area contributed by atoms with Crippen LogP contribution in [-0.4, -0.2) is 15.0 Å². The Hall–Kier alpha value is -7.41. The molecule has 4 aromatic heterocycles. The van der Waals surface area contributed by atoms with E-state index in [1.165, 1.54) is 36.9 Å². The van der Waals surface area contributed by atoms with Crippen molar-refractivity contribution < 1.29 is 8.83 Å². The average Bonchev–Trinajstić information content (AvgIpc) is 3.97. The quantitative estimate of drug-likeness (QED) is 0.175. The van der Waals surface area contributed by atoms with Gasteiger partial charge in [0.1, 0.15) is 22.3 Å². The smallest absolute Gasteiger partial charge is 0.167 e. The molecule has 0 N–H and O–H groups in total. The number of hydrogen-bond acceptors (Lipinski definition) is 6. The molecule has 12 rings (SSSR count). The number of thiophene rings is 1. The molecule has 0 amide bonds. The molecule has 0 aliphatic carbocycles. The normalized spacial score (nSPS) is 11.9. The topological polar surface area (TPSA) is 65.0 Å². The Balaban J connectivity index is 1.10. The summed E-state index contributed by atoms with van der Waals surface area (Å²) in [5.41, 5.74) is 10.4. The standard InChI is InChI=1S/C51H29N3O2S/c1-3-13-30(14-4-1)33-28-39(47-36-18-8-10-24-44(36)57-45(47)29-33)32-25-26-42-40(27-32)46-37(20-12-23-43(46)55-42)50-52-49(31-15-5-2-6-16-31)53-51(54-50)38-21-11-19-35-34-17-7-9-22-41(34)56-48(35)38/h1-29H. The number of rotatable bonds is 5. The molecule has 0 bridgehead atoms. The van der Waals surface area contributed by atoms with Crippen LogP contribution >= 0.6 is 11.3 Å². The second-order valence-corrected chi connectivity index (χ2v) is 15.4. The van der Waals surface area contributed by atoms with Crippen molar-refractivity contribution in [1.29, 1.82) is 0 Å². The van der Waals surface area contributed by atoms with Crippen LogP contribution in [0.2, 0.25) is 0 Å². The summed E-state index contributed by atoms with van der Waals surface area (Å²) in [6, 6.07) is 61.0. The molecule has 0 aliphatic heterocycles. The van der Waals surface area contributed by atoms with E-state index in [0.717, 1.165) is 66.1 Å². The second-order valence-electron chi connectivity index (χ2n) is 14.3. The van der Waals surface area contributed by atoms with Gasteiger partial charge in [-0.15, -0.1) is 11.3 Å². The number of furan rings is 2. The van der Waals surface area contributed by atoms with Crippen LogP contribution in [0.15, 0.2) is 185 Å². The molecule has 0 unspecified atom stereocenters. The van der Waals surface area contributed by atoms with Crippen molar-refractivity contribution in [2.24, 2.45) is 0 Å². The first kappa shape index (κ1) is 31.9. The summed E-state index contributed by atoms with van der Waals surface area (Å²) >= 11 is 1.84. The fraction of sp³-hybridized carbons (Fsp3) is 0. The molecule has 0 saturated carbocycles. The predicted molar refractivity (Wildman–Crippen MR) is 234 cm³/mol. The van der Waals surface area contributed by atoms with E-state index in [1.807, 2.05) is 84.1 Å². The van der Waals surface area contributed by atoms with Crippen molar-refractivity contribution in [2.75, 3.05) is 0 Å². The molecule has 0 radical (unpaired) electrons. The number of benzene rings is 8.